The summed E-state index contributed by atoms with van der Waals surface area (Å²) in [4.78, 5) is 0. The van der Waals surface area contributed by atoms with Crippen molar-refractivity contribution in [1.82, 2.24) is 5.32 Å². The van der Waals surface area contributed by atoms with E-state index in [-0.39, 0.29) is 5.56 Å². The smallest absolute Gasteiger partial charge is 0.133 e. The summed E-state index contributed by atoms with van der Waals surface area (Å²) in [7, 11) is 1.63. The average Bonchev–Trinajstić information content (AvgIpc) is 2.45. The van der Waals surface area contributed by atoms with Crippen LogP contribution in [0.4, 0.5) is 13.2 Å². The first kappa shape index (κ1) is 15.6. The van der Waals surface area contributed by atoms with E-state index < -0.39 is 23.5 Å². The maximum absolute atomic E-state index is 13.8. The Morgan fingerprint density at radius 2 is 1.48 bits per heavy atom. The van der Waals surface area contributed by atoms with Gasteiger partial charge >= 0.3 is 0 Å². The molecule has 4 heteroatoms. The molecular formula is C17H18F3N. The third-order valence-corrected chi connectivity index (χ3v) is 3.61. The zero-order chi connectivity index (χ0) is 15.4. The van der Waals surface area contributed by atoms with Gasteiger partial charge in [0.15, 0.2) is 0 Å². The molecule has 2 rings (SSSR count). The highest BCUT2D eigenvalue weighted by Gasteiger charge is 2.20. The summed E-state index contributed by atoms with van der Waals surface area (Å²) in [6, 6.07) is 8.77. The van der Waals surface area contributed by atoms with E-state index in [2.05, 4.69) is 12.2 Å². The van der Waals surface area contributed by atoms with Crippen molar-refractivity contribution < 1.29 is 13.2 Å². The maximum Gasteiger partial charge on any atom is 0.133 e. The van der Waals surface area contributed by atoms with E-state index in [0.717, 1.165) is 12.0 Å². The van der Waals surface area contributed by atoms with Crippen LogP contribution in [-0.4, -0.2) is 7.05 Å². The Hall–Kier alpha value is -1.81. The van der Waals surface area contributed by atoms with Gasteiger partial charge in [-0.2, -0.15) is 0 Å². The van der Waals surface area contributed by atoms with Crippen LogP contribution in [0.25, 0.3) is 0 Å². The Bertz CT molecular complexity index is 585. The standard InChI is InChI=1S/C17H18F3N/c1-3-11-4-6-12(7-5-11)8-16(21-2)17-14(19)9-13(18)10-15(17)20/h4-7,9-10,16,21H,3,8H2,1-2H3. The number of likely N-dealkylation sites (N-methyl/N-ethyl adjacent to an activating group) is 1. The van der Waals surface area contributed by atoms with E-state index >= 15 is 0 Å². The Labute approximate surface area is 122 Å². The van der Waals surface area contributed by atoms with E-state index in [1.54, 1.807) is 7.05 Å². The predicted octanol–water partition coefficient (Wildman–Crippen LogP) is 4.17. The van der Waals surface area contributed by atoms with Crippen molar-refractivity contribution in [3.8, 4) is 0 Å². The van der Waals surface area contributed by atoms with Crippen molar-refractivity contribution in [2.24, 2.45) is 0 Å². The fourth-order valence-electron chi connectivity index (χ4n) is 2.38. The fourth-order valence-corrected chi connectivity index (χ4v) is 2.38. The van der Waals surface area contributed by atoms with Crippen molar-refractivity contribution in [1.29, 1.82) is 0 Å². The molecule has 0 aliphatic carbocycles. The van der Waals surface area contributed by atoms with E-state index in [1.807, 2.05) is 24.3 Å². The largest absolute Gasteiger partial charge is 0.313 e. The molecule has 0 aromatic heterocycles. The Kier molecular flexibility index (Phi) is 5.02. The number of nitrogens with one attached hydrogen (secondary N) is 1. The Morgan fingerprint density at radius 3 is 1.95 bits per heavy atom. The van der Waals surface area contributed by atoms with Crippen LogP contribution in [0, 0.1) is 17.5 Å². The van der Waals surface area contributed by atoms with Crippen molar-refractivity contribution in [2.75, 3.05) is 7.05 Å². The molecule has 2 aromatic carbocycles. The number of halogens is 3. The SMILES string of the molecule is CCc1ccc(CC(NC)c2c(F)cc(F)cc2F)cc1. The lowest BCUT2D eigenvalue weighted by atomic mass is 9.97. The molecule has 0 amide bonds. The molecule has 2 aromatic rings. The molecule has 0 aliphatic rings. The topological polar surface area (TPSA) is 12.0 Å². The van der Waals surface area contributed by atoms with Crippen LogP contribution in [-0.2, 0) is 12.8 Å². The zero-order valence-corrected chi connectivity index (χ0v) is 12.1. The van der Waals surface area contributed by atoms with Crippen molar-refractivity contribution in [3.05, 3.63) is 70.5 Å². The Morgan fingerprint density at radius 1 is 0.952 bits per heavy atom. The second-order valence-electron chi connectivity index (χ2n) is 5.00. The summed E-state index contributed by atoms with van der Waals surface area (Å²) in [5.74, 6) is -2.63. The van der Waals surface area contributed by atoms with Gasteiger partial charge in [-0.25, -0.2) is 13.2 Å². The number of aryl methyl sites for hydroxylation is 1. The summed E-state index contributed by atoms with van der Waals surface area (Å²) in [6.45, 7) is 2.06. The molecule has 0 aliphatic heterocycles. The molecule has 0 spiro atoms. The second kappa shape index (κ2) is 6.76. The summed E-state index contributed by atoms with van der Waals surface area (Å²) < 4.78 is 40.7. The predicted molar refractivity (Wildman–Crippen MR) is 77.6 cm³/mol. The molecule has 112 valence electrons. The first-order chi connectivity index (χ1) is 10.0. The maximum atomic E-state index is 13.8. The van der Waals surface area contributed by atoms with Gasteiger partial charge < -0.3 is 5.32 Å². The molecule has 1 N–H and O–H groups in total. The normalized spacial score (nSPS) is 12.4. The van der Waals surface area contributed by atoms with Crippen LogP contribution in [0.1, 0.15) is 29.7 Å². The first-order valence-corrected chi connectivity index (χ1v) is 6.94. The highest BCUT2D eigenvalue weighted by molar-refractivity contribution is 5.28. The molecule has 0 heterocycles. The van der Waals surface area contributed by atoms with Crippen LogP contribution in [0.5, 0.6) is 0 Å². The summed E-state index contributed by atoms with van der Waals surface area (Å²) in [5.41, 5.74) is 2.05. The molecular weight excluding hydrogens is 275 g/mol. The highest BCUT2D eigenvalue weighted by atomic mass is 19.1. The molecule has 21 heavy (non-hydrogen) atoms. The van der Waals surface area contributed by atoms with Gasteiger partial charge in [0, 0.05) is 23.7 Å². The third-order valence-electron chi connectivity index (χ3n) is 3.61. The molecule has 1 atom stereocenters. The zero-order valence-electron chi connectivity index (χ0n) is 12.1. The van der Waals surface area contributed by atoms with Gasteiger partial charge in [0.25, 0.3) is 0 Å². The number of benzene rings is 2. The number of hydrogen-bond acceptors (Lipinski definition) is 1. The lowest BCUT2D eigenvalue weighted by molar-refractivity contribution is 0.475. The van der Waals surface area contributed by atoms with Gasteiger partial charge in [0.05, 0.1) is 0 Å². The minimum atomic E-state index is -0.907. The van der Waals surface area contributed by atoms with Crippen LogP contribution in [0.15, 0.2) is 36.4 Å². The lowest BCUT2D eigenvalue weighted by Gasteiger charge is -2.18. The van der Waals surface area contributed by atoms with Crippen LogP contribution in [0.3, 0.4) is 0 Å². The quantitative estimate of drug-likeness (QED) is 0.872. The first-order valence-electron chi connectivity index (χ1n) is 6.94. The van der Waals surface area contributed by atoms with Crippen molar-refractivity contribution in [2.45, 2.75) is 25.8 Å². The summed E-state index contributed by atoms with van der Waals surface area (Å²) >= 11 is 0. The van der Waals surface area contributed by atoms with Gasteiger partial charge in [-0.15, -0.1) is 0 Å². The van der Waals surface area contributed by atoms with Gasteiger partial charge in [-0.05, 0) is 31.0 Å². The average molecular weight is 293 g/mol. The van der Waals surface area contributed by atoms with Gasteiger partial charge in [0.1, 0.15) is 17.5 Å². The van der Waals surface area contributed by atoms with Gasteiger partial charge in [0.2, 0.25) is 0 Å². The lowest BCUT2D eigenvalue weighted by Crippen LogP contribution is -2.21. The minimum Gasteiger partial charge on any atom is -0.313 e. The molecule has 1 nitrogen and oxygen atoms in total. The van der Waals surface area contributed by atoms with Crippen molar-refractivity contribution >= 4 is 0 Å². The number of rotatable bonds is 5. The monoisotopic (exact) mass is 293 g/mol. The van der Waals surface area contributed by atoms with Crippen molar-refractivity contribution in [3.63, 3.8) is 0 Å². The third kappa shape index (κ3) is 3.64. The van der Waals surface area contributed by atoms with Gasteiger partial charge in [-0.1, -0.05) is 31.2 Å². The summed E-state index contributed by atoms with van der Waals surface area (Å²) in [6.07, 6.45) is 1.37. The van der Waals surface area contributed by atoms with Crippen LogP contribution in [0.2, 0.25) is 0 Å². The van der Waals surface area contributed by atoms with Crippen LogP contribution >= 0.6 is 0 Å². The molecule has 0 bridgehead atoms. The number of hydrogen-bond donors (Lipinski definition) is 1. The summed E-state index contributed by atoms with van der Waals surface area (Å²) in [5, 5.41) is 2.89. The molecule has 1 unspecified atom stereocenters. The second-order valence-corrected chi connectivity index (χ2v) is 5.00. The van der Waals surface area contributed by atoms with E-state index in [1.165, 1.54) is 5.56 Å². The Balaban J connectivity index is 2.27. The van der Waals surface area contributed by atoms with E-state index in [0.29, 0.717) is 18.6 Å². The van der Waals surface area contributed by atoms with E-state index in [9.17, 15) is 13.2 Å². The molecule has 0 saturated heterocycles. The molecule has 0 saturated carbocycles. The fraction of sp³-hybridized carbons (Fsp3) is 0.294. The molecule has 0 radical (unpaired) electrons. The minimum absolute atomic E-state index is 0.126. The van der Waals surface area contributed by atoms with Crippen LogP contribution < -0.4 is 5.32 Å². The molecule has 0 fully saturated rings. The van der Waals surface area contributed by atoms with Gasteiger partial charge in [-0.3, -0.25) is 0 Å². The highest BCUT2D eigenvalue weighted by Crippen LogP contribution is 2.25. The van der Waals surface area contributed by atoms with E-state index in [4.69, 9.17) is 0 Å².